The van der Waals surface area contributed by atoms with Crippen LogP contribution < -0.4 is 5.73 Å². The van der Waals surface area contributed by atoms with Gasteiger partial charge in [0.25, 0.3) is 0 Å². The van der Waals surface area contributed by atoms with Crippen LogP contribution in [0.25, 0.3) is 0 Å². The number of benzene rings is 1. The molecule has 5 heteroatoms. The second kappa shape index (κ2) is 4.72. The van der Waals surface area contributed by atoms with Crippen molar-refractivity contribution in [3.8, 4) is 0 Å². The molecule has 0 amide bonds. The van der Waals surface area contributed by atoms with Crippen LogP contribution >= 0.6 is 23.4 Å². The average Bonchev–Trinajstić information content (AvgIpc) is 2.28. The number of aryl methyl sites for hydroxylation is 1. The molecule has 0 saturated heterocycles. The first kappa shape index (κ1) is 11.2. The molecule has 0 spiro atoms. The highest BCUT2D eigenvalue weighted by Gasteiger charge is 2.06. The Kier molecular flexibility index (Phi) is 3.31. The Balaban J connectivity index is 2.27. The van der Waals surface area contributed by atoms with Crippen LogP contribution in [0.2, 0.25) is 5.02 Å². The number of anilines is 1. The number of nitrogens with zero attached hydrogens (tertiary/aromatic N) is 2. The van der Waals surface area contributed by atoms with Gasteiger partial charge in [0, 0.05) is 11.1 Å². The van der Waals surface area contributed by atoms with Gasteiger partial charge in [-0.25, -0.2) is 4.98 Å². The average molecular weight is 252 g/mol. The minimum atomic E-state index is 0.565. The number of hydrogen-bond acceptors (Lipinski definition) is 4. The Morgan fingerprint density at radius 2 is 2.06 bits per heavy atom. The zero-order chi connectivity index (χ0) is 11.5. The molecule has 1 heterocycles. The van der Waals surface area contributed by atoms with Crippen molar-refractivity contribution in [2.24, 2.45) is 0 Å². The van der Waals surface area contributed by atoms with Crippen molar-refractivity contribution < 1.29 is 0 Å². The summed E-state index contributed by atoms with van der Waals surface area (Å²) in [5, 5.41) is 1.37. The molecule has 3 nitrogen and oxygen atoms in total. The van der Waals surface area contributed by atoms with Crippen LogP contribution in [0.5, 0.6) is 0 Å². The summed E-state index contributed by atoms with van der Waals surface area (Å²) in [4.78, 5) is 9.30. The molecule has 0 saturated carbocycles. The van der Waals surface area contributed by atoms with E-state index in [1.54, 1.807) is 18.5 Å². The molecule has 0 aliphatic heterocycles. The van der Waals surface area contributed by atoms with Crippen LogP contribution in [0.3, 0.4) is 0 Å². The van der Waals surface area contributed by atoms with Crippen LogP contribution in [-0.2, 0) is 0 Å². The maximum Gasteiger partial charge on any atom is 0.119 e. The molecule has 0 aliphatic carbocycles. The zero-order valence-corrected chi connectivity index (χ0v) is 10.2. The zero-order valence-electron chi connectivity index (χ0n) is 8.64. The third kappa shape index (κ3) is 2.46. The predicted octanol–water partition coefficient (Wildman–Crippen LogP) is 3.17. The maximum atomic E-state index is 6.08. The van der Waals surface area contributed by atoms with Crippen molar-refractivity contribution in [2.45, 2.75) is 16.8 Å². The van der Waals surface area contributed by atoms with E-state index in [1.165, 1.54) is 11.8 Å². The van der Waals surface area contributed by atoms with Gasteiger partial charge < -0.3 is 5.73 Å². The van der Waals surface area contributed by atoms with Gasteiger partial charge in [-0.3, -0.25) is 4.98 Å². The van der Waals surface area contributed by atoms with E-state index in [0.717, 1.165) is 15.6 Å². The number of hydrogen-bond donors (Lipinski definition) is 1. The van der Waals surface area contributed by atoms with Gasteiger partial charge in [0.2, 0.25) is 0 Å². The van der Waals surface area contributed by atoms with E-state index in [4.69, 9.17) is 17.3 Å². The highest BCUT2D eigenvalue weighted by molar-refractivity contribution is 7.99. The lowest BCUT2D eigenvalue weighted by Gasteiger charge is -2.05. The smallest absolute Gasteiger partial charge is 0.119 e. The topological polar surface area (TPSA) is 51.8 Å². The molecule has 2 aromatic rings. The summed E-state index contributed by atoms with van der Waals surface area (Å²) in [7, 11) is 0. The van der Waals surface area contributed by atoms with Crippen LogP contribution in [0.15, 0.2) is 40.5 Å². The minimum Gasteiger partial charge on any atom is -0.397 e. The molecule has 0 aliphatic rings. The Bertz CT molecular complexity index is 499. The third-order valence-electron chi connectivity index (χ3n) is 1.96. The molecular formula is C11H10ClN3S. The van der Waals surface area contributed by atoms with Crippen molar-refractivity contribution in [1.82, 2.24) is 9.97 Å². The summed E-state index contributed by atoms with van der Waals surface area (Å²) < 4.78 is 0. The molecule has 0 bridgehead atoms. The van der Waals surface area contributed by atoms with E-state index in [-0.39, 0.29) is 0 Å². The molecule has 2 N–H and O–H groups in total. The van der Waals surface area contributed by atoms with Crippen molar-refractivity contribution in [1.29, 1.82) is 0 Å². The van der Waals surface area contributed by atoms with E-state index < -0.39 is 0 Å². The fraction of sp³-hybridized carbons (Fsp3) is 0.0909. The van der Waals surface area contributed by atoms with Gasteiger partial charge in [-0.05, 0) is 19.1 Å². The van der Waals surface area contributed by atoms with Crippen LogP contribution in [0, 0.1) is 6.92 Å². The number of nitrogen functional groups attached to an aromatic ring is 1. The fourth-order valence-corrected chi connectivity index (χ4v) is 2.18. The molecule has 0 radical (unpaired) electrons. The van der Waals surface area contributed by atoms with Crippen molar-refractivity contribution >= 4 is 29.1 Å². The van der Waals surface area contributed by atoms with Crippen LogP contribution in [-0.4, -0.2) is 9.97 Å². The summed E-state index contributed by atoms with van der Waals surface area (Å²) in [6.07, 6.45) is 3.45. The number of rotatable bonds is 2. The number of nitrogens with two attached hydrogens (primary N) is 1. The summed E-state index contributed by atoms with van der Waals surface area (Å²) >= 11 is 7.53. The quantitative estimate of drug-likeness (QED) is 0.833. The Hall–Kier alpha value is -1.26. The summed E-state index contributed by atoms with van der Waals surface area (Å²) in [5.74, 6) is 0. The summed E-state index contributed by atoms with van der Waals surface area (Å²) in [5.41, 5.74) is 7.18. The van der Waals surface area contributed by atoms with Gasteiger partial charge in [-0.1, -0.05) is 29.4 Å². The van der Waals surface area contributed by atoms with Crippen molar-refractivity contribution in [3.63, 3.8) is 0 Å². The van der Waals surface area contributed by atoms with E-state index in [9.17, 15) is 0 Å². The van der Waals surface area contributed by atoms with Gasteiger partial charge in [0.1, 0.15) is 5.03 Å². The molecular weight excluding hydrogens is 242 g/mol. The minimum absolute atomic E-state index is 0.565. The molecule has 16 heavy (non-hydrogen) atoms. The fourth-order valence-electron chi connectivity index (χ4n) is 1.15. The molecule has 0 unspecified atom stereocenters. The Morgan fingerprint density at radius 1 is 1.25 bits per heavy atom. The maximum absolute atomic E-state index is 6.08. The molecule has 0 fully saturated rings. The largest absolute Gasteiger partial charge is 0.397 e. The first-order chi connectivity index (χ1) is 7.66. The standard InChI is InChI=1S/C11H10ClN3S/c1-7-5-15-10(6-14-7)16-9-4-2-3-8(13)11(9)12/h2-6H,13H2,1H3. The van der Waals surface area contributed by atoms with Crippen LogP contribution in [0.4, 0.5) is 5.69 Å². The molecule has 1 aromatic carbocycles. The SMILES string of the molecule is Cc1cnc(Sc2cccc(N)c2Cl)cn1. The first-order valence-corrected chi connectivity index (χ1v) is 5.87. The lowest BCUT2D eigenvalue weighted by atomic mass is 10.3. The second-order valence-electron chi connectivity index (χ2n) is 3.26. The van der Waals surface area contributed by atoms with Gasteiger partial charge in [0.15, 0.2) is 0 Å². The Morgan fingerprint density at radius 3 is 2.75 bits per heavy atom. The molecule has 2 rings (SSSR count). The van der Waals surface area contributed by atoms with Crippen LogP contribution in [0.1, 0.15) is 5.69 Å². The highest BCUT2D eigenvalue weighted by Crippen LogP contribution is 2.34. The van der Waals surface area contributed by atoms with Gasteiger partial charge >= 0.3 is 0 Å². The lowest BCUT2D eigenvalue weighted by Crippen LogP contribution is -1.89. The summed E-state index contributed by atoms with van der Waals surface area (Å²) in [6.45, 7) is 1.90. The second-order valence-corrected chi connectivity index (χ2v) is 4.70. The molecule has 1 aromatic heterocycles. The van der Waals surface area contributed by atoms with E-state index in [1.807, 2.05) is 19.1 Å². The third-order valence-corrected chi connectivity index (χ3v) is 3.48. The number of aromatic nitrogens is 2. The van der Waals surface area contributed by atoms with Gasteiger partial charge in [-0.2, -0.15) is 0 Å². The first-order valence-electron chi connectivity index (χ1n) is 4.67. The van der Waals surface area contributed by atoms with Gasteiger partial charge in [0.05, 0.1) is 22.6 Å². The molecule has 82 valence electrons. The van der Waals surface area contributed by atoms with E-state index in [2.05, 4.69) is 9.97 Å². The van der Waals surface area contributed by atoms with Gasteiger partial charge in [-0.15, -0.1) is 0 Å². The van der Waals surface area contributed by atoms with Crippen molar-refractivity contribution in [3.05, 3.63) is 41.3 Å². The highest BCUT2D eigenvalue weighted by atomic mass is 35.5. The predicted molar refractivity (Wildman–Crippen MR) is 66.8 cm³/mol. The van der Waals surface area contributed by atoms with Crippen molar-refractivity contribution in [2.75, 3.05) is 5.73 Å². The summed E-state index contributed by atoms with van der Waals surface area (Å²) in [6, 6.07) is 5.54. The molecule has 0 atom stereocenters. The monoisotopic (exact) mass is 251 g/mol. The van der Waals surface area contributed by atoms with E-state index >= 15 is 0 Å². The lowest BCUT2D eigenvalue weighted by molar-refractivity contribution is 1.01. The number of halogens is 1. The normalized spacial score (nSPS) is 10.4. The van der Waals surface area contributed by atoms with E-state index in [0.29, 0.717) is 10.7 Å². The Labute approximate surface area is 103 Å².